The summed E-state index contributed by atoms with van der Waals surface area (Å²) in [4.78, 5) is 45.0. The molecule has 1 saturated heterocycles. The van der Waals surface area contributed by atoms with Crippen LogP contribution in [0.2, 0.25) is 5.02 Å². The van der Waals surface area contributed by atoms with E-state index in [4.69, 9.17) is 16.3 Å². The third kappa shape index (κ3) is 7.68. The van der Waals surface area contributed by atoms with Crippen LogP contribution in [-0.4, -0.2) is 80.3 Å². The van der Waals surface area contributed by atoms with E-state index in [1.807, 2.05) is 30.3 Å². The minimum absolute atomic E-state index is 0.0648. The van der Waals surface area contributed by atoms with Gasteiger partial charge in [-0.1, -0.05) is 36.6 Å². The third-order valence-corrected chi connectivity index (χ3v) is 8.67. The Morgan fingerprint density at radius 2 is 1.94 bits per heavy atom. The lowest BCUT2D eigenvalue weighted by atomic mass is 9.95. The van der Waals surface area contributed by atoms with Crippen LogP contribution in [0.25, 0.3) is 22.9 Å². The van der Waals surface area contributed by atoms with E-state index in [9.17, 15) is 18.8 Å². The molecule has 2 bridgehead atoms. The number of aromatic nitrogens is 5. The molecule has 14 heteroatoms. The van der Waals surface area contributed by atoms with Crippen molar-refractivity contribution in [3.63, 3.8) is 0 Å². The highest BCUT2D eigenvalue weighted by Crippen LogP contribution is 2.34. The van der Waals surface area contributed by atoms with Crippen LogP contribution in [0, 0.1) is 0 Å². The lowest BCUT2D eigenvalue weighted by molar-refractivity contribution is -0.140. The maximum atomic E-state index is 13.7. The fraction of sp³-hybridized carbons (Fsp3) is 0.324. The number of nitrogens with zero attached hydrogens (tertiary/aromatic N) is 6. The minimum atomic E-state index is -1.02. The molecule has 2 atom stereocenters. The Bertz CT molecular complexity index is 1830. The number of tetrazole rings is 1. The molecule has 6 rings (SSSR count). The summed E-state index contributed by atoms with van der Waals surface area (Å²) in [5.74, 6) is -0.882. The normalized spacial score (nSPS) is 18.1. The van der Waals surface area contributed by atoms with Crippen LogP contribution >= 0.6 is 11.6 Å². The molecule has 0 aliphatic carbocycles. The number of halogens is 2. The van der Waals surface area contributed by atoms with Gasteiger partial charge in [-0.2, -0.15) is 4.68 Å². The van der Waals surface area contributed by atoms with Gasteiger partial charge >= 0.3 is 5.97 Å². The van der Waals surface area contributed by atoms with Crippen LogP contribution < -0.4 is 10.6 Å². The number of carbonyl (C=O) groups is 3. The number of rotatable bonds is 7. The molecular formula is C34H34ClFN8O4. The lowest BCUT2D eigenvalue weighted by Gasteiger charge is -2.37. The number of methoxy groups -OCH3 is 1. The highest BCUT2D eigenvalue weighted by Gasteiger charge is 2.35. The topological polar surface area (TPSA) is 144 Å². The number of carbonyl (C=O) groups excluding carboxylic acids is 3. The molecule has 2 aliphatic rings. The number of hydrogen-bond acceptors (Lipinski definition) is 9. The van der Waals surface area contributed by atoms with E-state index in [1.54, 1.807) is 30.5 Å². The van der Waals surface area contributed by atoms with Crippen LogP contribution in [0.3, 0.4) is 0 Å². The minimum Gasteiger partial charge on any atom is -0.469 e. The van der Waals surface area contributed by atoms with Gasteiger partial charge in [0.15, 0.2) is 0 Å². The fourth-order valence-corrected chi connectivity index (χ4v) is 6.08. The highest BCUT2D eigenvalue weighted by atomic mass is 35.5. The van der Waals surface area contributed by atoms with Crippen LogP contribution in [0.4, 0.5) is 10.1 Å². The van der Waals surface area contributed by atoms with Gasteiger partial charge in [-0.3, -0.25) is 19.4 Å². The van der Waals surface area contributed by atoms with E-state index in [-0.39, 0.29) is 37.3 Å². The predicted molar refractivity (Wildman–Crippen MR) is 177 cm³/mol. The van der Waals surface area contributed by atoms with Gasteiger partial charge in [-0.15, -0.1) is 5.10 Å². The van der Waals surface area contributed by atoms with E-state index in [2.05, 4.69) is 31.1 Å². The summed E-state index contributed by atoms with van der Waals surface area (Å²) < 4.78 is 20.1. The van der Waals surface area contributed by atoms with E-state index < -0.39 is 18.3 Å². The number of nitrogens with one attached hydrogen (secondary N) is 2. The van der Waals surface area contributed by atoms with Gasteiger partial charge in [-0.25, -0.2) is 4.39 Å². The van der Waals surface area contributed by atoms with Crippen molar-refractivity contribution in [3.05, 3.63) is 89.0 Å². The Hall–Kier alpha value is -5.17. The molecule has 2 aliphatic heterocycles. The van der Waals surface area contributed by atoms with Crippen LogP contribution in [0.15, 0.2) is 67.1 Å². The van der Waals surface area contributed by atoms with Crippen LogP contribution in [0.5, 0.6) is 0 Å². The first-order valence-corrected chi connectivity index (χ1v) is 16.0. The quantitative estimate of drug-likeness (QED) is 0.214. The predicted octanol–water partition coefficient (Wildman–Crippen LogP) is 4.50. The van der Waals surface area contributed by atoms with Crippen molar-refractivity contribution in [1.82, 2.24) is 35.4 Å². The summed E-state index contributed by atoms with van der Waals surface area (Å²) >= 11 is 6.24. The molecule has 2 aromatic carbocycles. The number of alkyl halides is 1. The molecule has 12 nitrogen and oxygen atoms in total. The SMILES string of the molecule is COC(=O)Cc1ccc2c(c1)N[C@@H](C(=O)N1CC(F)C1)CCCC[C@H](NC(=O)/C=C/c1cc(Cl)ccc1-n1cnnn1)c1cc-2ccn1. The number of likely N-dealkylation sites (tertiary alicyclic amines) is 1. The summed E-state index contributed by atoms with van der Waals surface area (Å²) in [6.07, 6.45) is 7.68. The summed E-state index contributed by atoms with van der Waals surface area (Å²) in [6.45, 7) is 0.155. The van der Waals surface area contributed by atoms with Crippen molar-refractivity contribution in [2.24, 2.45) is 0 Å². The second-order valence-corrected chi connectivity index (χ2v) is 12.2. The van der Waals surface area contributed by atoms with Gasteiger partial charge in [0.25, 0.3) is 0 Å². The Morgan fingerprint density at radius 1 is 1.10 bits per heavy atom. The average Bonchev–Trinajstić information content (AvgIpc) is 3.61. The summed E-state index contributed by atoms with van der Waals surface area (Å²) in [5, 5.41) is 18.3. The number of anilines is 1. The second-order valence-electron chi connectivity index (χ2n) is 11.8. The number of fused-ring (bicyclic) bond motifs is 4. The molecule has 0 unspecified atom stereocenters. The first-order chi connectivity index (χ1) is 23.3. The van der Waals surface area contributed by atoms with Crippen LogP contribution in [0.1, 0.15) is 48.5 Å². The van der Waals surface area contributed by atoms with E-state index in [0.29, 0.717) is 58.9 Å². The smallest absolute Gasteiger partial charge is 0.309 e. The summed E-state index contributed by atoms with van der Waals surface area (Å²) in [6, 6.07) is 13.5. The molecule has 2 aromatic heterocycles. The van der Waals surface area contributed by atoms with Gasteiger partial charge in [0.2, 0.25) is 11.8 Å². The lowest BCUT2D eigenvalue weighted by Crippen LogP contribution is -2.56. The zero-order valence-corrected chi connectivity index (χ0v) is 26.9. The Morgan fingerprint density at radius 3 is 2.71 bits per heavy atom. The van der Waals surface area contributed by atoms with E-state index in [0.717, 1.165) is 11.1 Å². The van der Waals surface area contributed by atoms with Gasteiger partial charge in [0, 0.05) is 34.1 Å². The Balaban J connectivity index is 1.29. The van der Waals surface area contributed by atoms with Gasteiger partial charge in [0.05, 0.1) is 44.0 Å². The summed E-state index contributed by atoms with van der Waals surface area (Å²) in [5.41, 5.74) is 4.96. The van der Waals surface area contributed by atoms with Crippen molar-refractivity contribution < 1.29 is 23.5 Å². The number of amides is 2. The number of pyridine rings is 1. The van der Waals surface area contributed by atoms with Gasteiger partial charge in [-0.05, 0) is 76.9 Å². The molecule has 0 radical (unpaired) electrons. The number of esters is 1. The maximum Gasteiger partial charge on any atom is 0.309 e. The fourth-order valence-electron chi connectivity index (χ4n) is 5.90. The van der Waals surface area contributed by atoms with Crippen molar-refractivity contribution in [3.8, 4) is 16.8 Å². The van der Waals surface area contributed by atoms with E-state index >= 15 is 0 Å². The zero-order valence-electron chi connectivity index (χ0n) is 26.2. The number of hydrogen-bond donors (Lipinski definition) is 2. The monoisotopic (exact) mass is 672 g/mol. The van der Waals surface area contributed by atoms with Crippen molar-refractivity contribution in [2.45, 2.75) is 50.4 Å². The second kappa shape index (κ2) is 14.7. The number of benzene rings is 2. The first kappa shape index (κ1) is 32.8. The van der Waals surface area contributed by atoms with Gasteiger partial charge in [0.1, 0.15) is 18.5 Å². The Labute approximate surface area is 281 Å². The maximum absolute atomic E-state index is 13.7. The zero-order chi connectivity index (χ0) is 33.6. The molecule has 4 aromatic rings. The molecule has 48 heavy (non-hydrogen) atoms. The molecular weight excluding hydrogens is 639 g/mol. The van der Waals surface area contributed by atoms with Gasteiger partial charge < -0.3 is 20.3 Å². The van der Waals surface area contributed by atoms with Crippen LogP contribution in [-0.2, 0) is 25.5 Å². The highest BCUT2D eigenvalue weighted by molar-refractivity contribution is 6.30. The number of ether oxygens (including phenoxy) is 1. The molecule has 4 heterocycles. The standard InChI is InChI=1S/C34H34ClFN8O4/c1-48-33(46)15-21-6-9-26-22-12-13-37-30(17-22)27(4-2-3-5-28(39-29(26)14-21)34(47)43-18-25(36)19-43)40-32(45)11-7-23-16-24(35)8-10-31(23)44-20-38-41-42-44/h6-14,16-17,20,25,27-28,39H,2-5,15,18-19H2,1H3,(H,40,45)/b11-7+/t27-,28+/m0/s1. The molecule has 248 valence electrons. The first-order valence-electron chi connectivity index (χ1n) is 15.6. The molecule has 1 fully saturated rings. The molecule has 2 amide bonds. The average molecular weight is 673 g/mol. The third-order valence-electron chi connectivity index (χ3n) is 8.44. The van der Waals surface area contributed by atoms with Crippen molar-refractivity contribution >= 4 is 41.1 Å². The molecule has 0 saturated carbocycles. The molecule has 2 N–H and O–H groups in total. The van der Waals surface area contributed by atoms with E-state index in [1.165, 1.54) is 29.1 Å². The Kier molecular flexibility index (Phi) is 10.0. The summed E-state index contributed by atoms with van der Waals surface area (Å²) in [7, 11) is 1.34. The molecule has 0 spiro atoms. The van der Waals surface area contributed by atoms with Crippen molar-refractivity contribution in [2.75, 3.05) is 25.5 Å². The van der Waals surface area contributed by atoms with Crippen molar-refractivity contribution in [1.29, 1.82) is 0 Å². The largest absolute Gasteiger partial charge is 0.469 e.